The van der Waals surface area contributed by atoms with Crippen molar-refractivity contribution >= 4 is 17.2 Å². The lowest BCUT2D eigenvalue weighted by atomic mass is 10.0. The molecule has 2 aliphatic heterocycles. The summed E-state index contributed by atoms with van der Waals surface area (Å²) in [6, 6.07) is 18.6. The molecule has 4 rings (SSSR count). The minimum absolute atomic E-state index is 0.165. The molecular weight excluding hydrogens is 398 g/mol. The number of piperazine rings is 1. The molecule has 0 aliphatic carbocycles. The number of carbonyl (C=O) groups excluding carboxylic acids is 1. The van der Waals surface area contributed by atoms with Crippen molar-refractivity contribution in [3.8, 4) is 5.75 Å². The Balaban J connectivity index is 1.44. The number of likely N-dealkylation sites (tertiary alicyclic amines) is 1. The molecule has 0 saturated carbocycles. The van der Waals surface area contributed by atoms with Crippen LogP contribution in [0.1, 0.15) is 31.2 Å². The van der Waals surface area contributed by atoms with E-state index in [0.29, 0.717) is 0 Å². The number of nitrogens with zero attached hydrogens (tertiary/aromatic N) is 3. The van der Waals surface area contributed by atoms with Crippen molar-refractivity contribution in [1.29, 1.82) is 0 Å². The van der Waals surface area contributed by atoms with Crippen LogP contribution in [0.15, 0.2) is 60.7 Å². The summed E-state index contributed by atoms with van der Waals surface area (Å²) >= 11 is 0. The van der Waals surface area contributed by atoms with Gasteiger partial charge in [0, 0.05) is 51.9 Å². The average molecular weight is 434 g/mol. The van der Waals surface area contributed by atoms with Crippen LogP contribution < -0.4 is 9.64 Å². The first kappa shape index (κ1) is 22.4. The Morgan fingerprint density at radius 2 is 1.50 bits per heavy atom. The predicted molar refractivity (Wildman–Crippen MR) is 131 cm³/mol. The van der Waals surface area contributed by atoms with Gasteiger partial charge in [0.05, 0.1) is 12.8 Å². The van der Waals surface area contributed by atoms with E-state index < -0.39 is 0 Å². The van der Waals surface area contributed by atoms with Gasteiger partial charge in [0.25, 0.3) is 0 Å². The fourth-order valence-corrected chi connectivity index (χ4v) is 4.68. The molecule has 0 aromatic heterocycles. The number of ether oxygens (including phenoxy) is 1. The highest BCUT2D eigenvalue weighted by Gasteiger charge is 2.21. The highest BCUT2D eigenvalue weighted by Crippen LogP contribution is 2.28. The number of benzene rings is 2. The molecule has 2 aromatic rings. The van der Waals surface area contributed by atoms with Crippen molar-refractivity contribution < 1.29 is 9.53 Å². The van der Waals surface area contributed by atoms with Gasteiger partial charge in [-0.1, -0.05) is 55.3 Å². The molecule has 170 valence electrons. The van der Waals surface area contributed by atoms with Crippen molar-refractivity contribution in [3.63, 3.8) is 0 Å². The second-order valence-electron chi connectivity index (χ2n) is 8.71. The molecule has 2 aliphatic rings. The molecular formula is C27H35N3O2. The van der Waals surface area contributed by atoms with Gasteiger partial charge < -0.3 is 14.5 Å². The summed E-state index contributed by atoms with van der Waals surface area (Å²) in [5, 5.41) is 0. The van der Waals surface area contributed by atoms with Crippen LogP contribution in [0.2, 0.25) is 0 Å². The van der Waals surface area contributed by atoms with Crippen molar-refractivity contribution in [2.45, 2.75) is 25.7 Å². The van der Waals surface area contributed by atoms with Gasteiger partial charge in [-0.3, -0.25) is 9.69 Å². The number of rotatable bonds is 6. The van der Waals surface area contributed by atoms with E-state index >= 15 is 0 Å². The van der Waals surface area contributed by atoms with Crippen molar-refractivity contribution in [2.75, 3.05) is 57.8 Å². The molecule has 32 heavy (non-hydrogen) atoms. The normalized spacial score (nSPS) is 18.3. The molecule has 5 nitrogen and oxygen atoms in total. The van der Waals surface area contributed by atoms with E-state index in [0.717, 1.165) is 81.2 Å². The summed E-state index contributed by atoms with van der Waals surface area (Å²) in [5.41, 5.74) is 3.42. The van der Waals surface area contributed by atoms with Crippen LogP contribution in [0.3, 0.4) is 0 Å². The van der Waals surface area contributed by atoms with Gasteiger partial charge in [-0.25, -0.2) is 0 Å². The Hall–Kier alpha value is -2.79. The summed E-state index contributed by atoms with van der Waals surface area (Å²) < 4.78 is 5.55. The lowest BCUT2D eigenvalue weighted by Gasteiger charge is -2.37. The number of hydrogen-bond acceptors (Lipinski definition) is 4. The third-order valence-corrected chi connectivity index (χ3v) is 6.55. The molecule has 0 spiro atoms. The SMILES string of the molecule is COc1ccccc1N1CCN(C/C(=C\C(=O)N2CCCCCC2)c2ccccc2)CC1. The standard InChI is InChI=1S/C27H35N3O2/c1-32-26-14-8-7-13-25(26)29-19-17-28(18-20-29)22-24(23-11-5-4-6-12-23)21-27(31)30-15-9-2-3-10-16-30/h4-8,11-14,21H,2-3,9-10,15-20,22H2,1H3/b24-21+. The summed E-state index contributed by atoms with van der Waals surface area (Å²) in [5.74, 6) is 1.09. The Kier molecular flexibility index (Phi) is 7.83. The second kappa shape index (κ2) is 11.2. The Morgan fingerprint density at radius 1 is 0.844 bits per heavy atom. The quantitative estimate of drug-likeness (QED) is 0.637. The van der Waals surface area contributed by atoms with Crippen LogP contribution in [0.25, 0.3) is 5.57 Å². The predicted octanol–water partition coefficient (Wildman–Crippen LogP) is 4.30. The van der Waals surface area contributed by atoms with Gasteiger partial charge in [0.15, 0.2) is 0 Å². The van der Waals surface area contributed by atoms with E-state index in [9.17, 15) is 4.79 Å². The van der Waals surface area contributed by atoms with Crippen LogP contribution in [0.4, 0.5) is 5.69 Å². The van der Waals surface area contributed by atoms with Crippen LogP contribution in [-0.4, -0.2) is 68.6 Å². The third-order valence-electron chi connectivity index (χ3n) is 6.55. The van der Waals surface area contributed by atoms with Crippen LogP contribution in [-0.2, 0) is 4.79 Å². The highest BCUT2D eigenvalue weighted by atomic mass is 16.5. The van der Waals surface area contributed by atoms with Gasteiger partial charge in [-0.2, -0.15) is 0 Å². The zero-order chi connectivity index (χ0) is 22.2. The number of methoxy groups -OCH3 is 1. The maximum atomic E-state index is 13.1. The summed E-state index contributed by atoms with van der Waals surface area (Å²) in [4.78, 5) is 20.0. The molecule has 0 unspecified atom stereocenters. The number of carbonyl (C=O) groups is 1. The lowest BCUT2D eigenvalue weighted by Crippen LogP contribution is -2.47. The molecule has 0 atom stereocenters. The van der Waals surface area contributed by atoms with Crippen molar-refractivity contribution in [3.05, 3.63) is 66.2 Å². The summed E-state index contributed by atoms with van der Waals surface area (Å²) in [6.07, 6.45) is 6.59. The molecule has 5 heteroatoms. The van der Waals surface area contributed by atoms with Crippen LogP contribution in [0, 0.1) is 0 Å². The molecule has 2 fully saturated rings. The first-order chi connectivity index (χ1) is 15.7. The molecule has 0 bridgehead atoms. The topological polar surface area (TPSA) is 36.0 Å². The van der Waals surface area contributed by atoms with Crippen molar-refractivity contribution in [2.24, 2.45) is 0 Å². The van der Waals surface area contributed by atoms with E-state index in [1.165, 1.54) is 12.8 Å². The largest absolute Gasteiger partial charge is 0.495 e. The second-order valence-corrected chi connectivity index (χ2v) is 8.71. The maximum Gasteiger partial charge on any atom is 0.246 e. The van der Waals surface area contributed by atoms with Gasteiger partial charge in [0.1, 0.15) is 5.75 Å². The molecule has 2 aromatic carbocycles. The monoisotopic (exact) mass is 433 g/mol. The zero-order valence-corrected chi connectivity index (χ0v) is 19.2. The van der Waals surface area contributed by atoms with E-state index in [1.807, 2.05) is 29.2 Å². The van der Waals surface area contributed by atoms with Gasteiger partial charge in [0.2, 0.25) is 5.91 Å². The first-order valence-electron chi connectivity index (χ1n) is 11.9. The maximum absolute atomic E-state index is 13.1. The van der Waals surface area contributed by atoms with Gasteiger partial charge in [-0.05, 0) is 36.1 Å². The average Bonchev–Trinajstić information content (AvgIpc) is 3.14. The molecule has 2 heterocycles. The van der Waals surface area contributed by atoms with Gasteiger partial charge in [-0.15, -0.1) is 0 Å². The highest BCUT2D eigenvalue weighted by molar-refractivity contribution is 5.95. The van der Waals surface area contributed by atoms with E-state index in [4.69, 9.17) is 4.74 Å². The fourth-order valence-electron chi connectivity index (χ4n) is 4.68. The fraction of sp³-hybridized carbons (Fsp3) is 0.444. The molecule has 0 radical (unpaired) electrons. The summed E-state index contributed by atoms with van der Waals surface area (Å²) in [7, 11) is 1.73. The van der Waals surface area contributed by atoms with Crippen molar-refractivity contribution in [1.82, 2.24) is 9.80 Å². The smallest absolute Gasteiger partial charge is 0.246 e. The zero-order valence-electron chi connectivity index (χ0n) is 19.2. The molecule has 1 amide bonds. The number of hydrogen-bond donors (Lipinski definition) is 0. The van der Waals surface area contributed by atoms with E-state index in [1.54, 1.807) is 7.11 Å². The van der Waals surface area contributed by atoms with E-state index in [2.05, 4.69) is 46.2 Å². The Labute approximate surface area is 192 Å². The first-order valence-corrected chi connectivity index (χ1v) is 11.9. The Bertz CT molecular complexity index is 896. The molecule has 2 saturated heterocycles. The molecule has 0 N–H and O–H groups in total. The van der Waals surface area contributed by atoms with Crippen LogP contribution in [0.5, 0.6) is 5.75 Å². The Morgan fingerprint density at radius 3 is 2.19 bits per heavy atom. The number of amides is 1. The number of para-hydroxylation sites is 2. The minimum atomic E-state index is 0.165. The lowest BCUT2D eigenvalue weighted by molar-refractivity contribution is -0.125. The third kappa shape index (κ3) is 5.71. The van der Waals surface area contributed by atoms with E-state index in [-0.39, 0.29) is 5.91 Å². The van der Waals surface area contributed by atoms with Gasteiger partial charge >= 0.3 is 0 Å². The van der Waals surface area contributed by atoms with Crippen LogP contribution >= 0.6 is 0 Å². The summed E-state index contributed by atoms with van der Waals surface area (Å²) in [6.45, 7) is 6.37. The minimum Gasteiger partial charge on any atom is -0.495 e. The number of anilines is 1.